The van der Waals surface area contributed by atoms with Crippen molar-refractivity contribution in [3.8, 4) is 0 Å². The number of rotatable bonds is 4. The molecule has 2 aromatic rings. The molecular formula is C16H23N3O5. The van der Waals surface area contributed by atoms with Gasteiger partial charge in [0.05, 0.1) is 0 Å². The zero-order valence-corrected chi connectivity index (χ0v) is 14.5. The second-order valence-corrected chi connectivity index (χ2v) is 4.03. The number of carbonyl (C=O) groups excluding carboxylic acids is 1. The van der Waals surface area contributed by atoms with Crippen molar-refractivity contribution < 1.29 is 19.2 Å². The molecule has 132 valence electrons. The van der Waals surface area contributed by atoms with Gasteiger partial charge in [-0.25, -0.2) is 0 Å². The van der Waals surface area contributed by atoms with E-state index in [0.717, 1.165) is 4.57 Å². The van der Waals surface area contributed by atoms with Crippen molar-refractivity contribution in [3.63, 3.8) is 0 Å². The summed E-state index contributed by atoms with van der Waals surface area (Å²) in [5.41, 5.74) is -0.599. The molecule has 0 spiro atoms. The number of carbonyl (C=O) groups is 2. The van der Waals surface area contributed by atoms with Crippen LogP contribution < -0.4 is 10.9 Å². The van der Waals surface area contributed by atoms with E-state index in [1.54, 1.807) is 6.92 Å². The van der Waals surface area contributed by atoms with Crippen LogP contribution in [0.15, 0.2) is 33.7 Å². The van der Waals surface area contributed by atoms with Gasteiger partial charge in [0.25, 0.3) is 11.5 Å². The molecule has 0 bridgehead atoms. The van der Waals surface area contributed by atoms with E-state index in [1.807, 2.05) is 27.7 Å². The van der Waals surface area contributed by atoms with Crippen LogP contribution in [-0.4, -0.2) is 26.7 Å². The highest BCUT2D eigenvalue weighted by atomic mass is 16.5. The van der Waals surface area contributed by atoms with Crippen molar-refractivity contribution in [2.24, 2.45) is 0 Å². The van der Waals surface area contributed by atoms with Gasteiger partial charge in [-0.15, -0.1) is 0 Å². The second kappa shape index (κ2) is 10.8. The molecule has 24 heavy (non-hydrogen) atoms. The van der Waals surface area contributed by atoms with Crippen LogP contribution in [-0.2, 0) is 11.3 Å². The van der Waals surface area contributed by atoms with E-state index in [9.17, 15) is 14.4 Å². The fourth-order valence-corrected chi connectivity index (χ4v) is 1.56. The van der Waals surface area contributed by atoms with Crippen LogP contribution in [0, 0.1) is 6.92 Å². The molecule has 0 aliphatic heterocycles. The van der Waals surface area contributed by atoms with E-state index < -0.39 is 24.0 Å². The standard InChI is InChI=1S/C12H11N3O5.2C2H6/c1-7-5-9(14-20-7)11(18)13-8-3-2-4-15(12(8)19)6-10(16)17;2*1-2/h2-5H,6H2,1H3,(H,13,18)(H,16,17);2*1-2H3. The second-order valence-electron chi connectivity index (χ2n) is 4.03. The third-order valence-corrected chi connectivity index (χ3v) is 2.43. The molecule has 0 fully saturated rings. The summed E-state index contributed by atoms with van der Waals surface area (Å²) in [4.78, 5) is 34.3. The summed E-state index contributed by atoms with van der Waals surface area (Å²) < 4.78 is 5.74. The molecular weight excluding hydrogens is 314 g/mol. The fraction of sp³-hybridized carbons (Fsp3) is 0.375. The Morgan fingerprint density at radius 3 is 2.42 bits per heavy atom. The minimum absolute atomic E-state index is 0.0283. The van der Waals surface area contributed by atoms with Crippen LogP contribution in [0.1, 0.15) is 43.9 Å². The Kier molecular flexibility index (Phi) is 9.46. The Bertz CT molecular complexity index is 718. The van der Waals surface area contributed by atoms with Gasteiger partial charge in [0.15, 0.2) is 5.69 Å². The highest BCUT2D eigenvalue weighted by molar-refractivity contribution is 6.02. The van der Waals surface area contributed by atoms with Crippen LogP contribution in [0.3, 0.4) is 0 Å². The number of pyridine rings is 1. The average molecular weight is 337 g/mol. The van der Waals surface area contributed by atoms with Crippen LogP contribution >= 0.6 is 0 Å². The van der Waals surface area contributed by atoms with Gasteiger partial charge in [-0.3, -0.25) is 14.4 Å². The maximum absolute atomic E-state index is 11.9. The summed E-state index contributed by atoms with van der Waals surface area (Å²) in [6.07, 6.45) is 1.33. The SMILES string of the molecule is CC.CC.Cc1cc(C(=O)Nc2cccn(CC(=O)O)c2=O)no1. The highest BCUT2D eigenvalue weighted by Gasteiger charge is 2.14. The number of carboxylic acids is 1. The predicted octanol–water partition coefficient (Wildman–Crippen LogP) is 2.53. The maximum atomic E-state index is 11.9. The maximum Gasteiger partial charge on any atom is 0.323 e. The molecule has 0 saturated heterocycles. The lowest BCUT2D eigenvalue weighted by molar-refractivity contribution is -0.137. The van der Waals surface area contributed by atoms with E-state index in [2.05, 4.69) is 10.5 Å². The lowest BCUT2D eigenvalue weighted by Crippen LogP contribution is -2.27. The van der Waals surface area contributed by atoms with Crippen LogP contribution in [0.25, 0.3) is 0 Å². The monoisotopic (exact) mass is 337 g/mol. The lowest BCUT2D eigenvalue weighted by Gasteiger charge is -2.06. The molecule has 2 rings (SSSR count). The summed E-state index contributed by atoms with van der Waals surface area (Å²) in [6.45, 7) is 9.15. The van der Waals surface area contributed by atoms with Crippen LogP contribution in [0.5, 0.6) is 0 Å². The number of aromatic nitrogens is 2. The number of anilines is 1. The van der Waals surface area contributed by atoms with E-state index in [4.69, 9.17) is 9.63 Å². The number of amides is 1. The molecule has 0 unspecified atom stereocenters. The van der Waals surface area contributed by atoms with Gasteiger partial charge in [-0.05, 0) is 19.1 Å². The first-order valence-electron chi connectivity index (χ1n) is 7.63. The van der Waals surface area contributed by atoms with Gasteiger partial charge >= 0.3 is 5.97 Å². The van der Waals surface area contributed by atoms with E-state index >= 15 is 0 Å². The number of hydrogen-bond donors (Lipinski definition) is 2. The number of carboxylic acid groups (broad SMARTS) is 1. The van der Waals surface area contributed by atoms with Crippen LogP contribution in [0.4, 0.5) is 5.69 Å². The summed E-state index contributed by atoms with van der Waals surface area (Å²) in [7, 11) is 0. The first-order valence-corrected chi connectivity index (χ1v) is 7.63. The zero-order chi connectivity index (χ0) is 18.7. The molecule has 2 heterocycles. The van der Waals surface area contributed by atoms with E-state index in [-0.39, 0.29) is 11.4 Å². The summed E-state index contributed by atoms with van der Waals surface area (Å²) in [5, 5.41) is 14.6. The molecule has 0 radical (unpaired) electrons. The first-order chi connectivity index (χ1) is 11.5. The molecule has 2 aromatic heterocycles. The van der Waals surface area contributed by atoms with Crippen molar-refractivity contribution in [1.82, 2.24) is 9.72 Å². The minimum atomic E-state index is -1.15. The number of nitrogens with one attached hydrogen (secondary N) is 1. The normalized spacial score (nSPS) is 9.04. The largest absolute Gasteiger partial charge is 0.480 e. The number of hydrogen-bond acceptors (Lipinski definition) is 5. The highest BCUT2D eigenvalue weighted by Crippen LogP contribution is 2.05. The molecule has 0 saturated carbocycles. The smallest absolute Gasteiger partial charge is 0.323 e. The average Bonchev–Trinajstić information content (AvgIpc) is 3.01. The summed E-state index contributed by atoms with van der Waals surface area (Å²) in [6, 6.07) is 4.27. The van der Waals surface area contributed by atoms with Gasteiger partial charge < -0.3 is 19.5 Å². The van der Waals surface area contributed by atoms with Crippen molar-refractivity contribution in [2.45, 2.75) is 41.2 Å². The number of aryl methyl sites for hydroxylation is 1. The lowest BCUT2D eigenvalue weighted by atomic mass is 10.3. The Morgan fingerprint density at radius 1 is 1.29 bits per heavy atom. The van der Waals surface area contributed by atoms with Crippen molar-refractivity contribution in [3.05, 3.63) is 46.2 Å². The van der Waals surface area contributed by atoms with Crippen molar-refractivity contribution >= 4 is 17.6 Å². The van der Waals surface area contributed by atoms with Gasteiger partial charge in [0, 0.05) is 12.3 Å². The molecule has 0 aliphatic rings. The molecule has 2 N–H and O–H groups in total. The Hall–Kier alpha value is -2.90. The van der Waals surface area contributed by atoms with Gasteiger partial charge in [0.1, 0.15) is 18.0 Å². The predicted molar refractivity (Wildman–Crippen MR) is 90.2 cm³/mol. The molecule has 0 aromatic carbocycles. The first kappa shape index (κ1) is 21.1. The summed E-state index contributed by atoms with van der Waals surface area (Å²) in [5.74, 6) is -1.29. The molecule has 8 heteroatoms. The third kappa shape index (κ3) is 6.07. The van der Waals surface area contributed by atoms with E-state index in [1.165, 1.54) is 24.4 Å². The van der Waals surface area contributed by atoms with Gasteiger partial charge in [0.2, 0.25) is 0 Å². The zero-order valence-electron chi connectivity index (χ0n) is 14.5. The Labute approximate surface area is 140 Å². The van der Waals surface area contributed by atoms with Gasteiger partial charge in [-0.1, -0.05) is 32.9 Å². The molecule has 1 amide bonds. The Balaban J connectivity index is 0.00000123. The topological polar surface area (TPSA) is 114 Å². The third-order valence-electron chi connectivity index (χ3n) is 2.43. The number of aliphatic carboxylic acids is 1. The van der Waals surface area contributed by atoms with Crippen molar-refractivity contribution in [1.29, 1.82) is 0 Å². The summed E-state index contributed by atoms with van der Waals surface area (Å²) >= 11 is 0. The molecule has 0 aliphatic carbocycles. The minimum Gasteiger partial charge on any atom is -0.480 e. The van der Waals surface area contributed by atoms with Gasteiger partial charge in [-0.2, -0.15) is 0 Å². The Morgan fingerprint density at radius 2 is 1.92 bits per heavy atom. The number of nitrogens with zero attached hydrogens (tertiary/aromatic N) is 2. The van der Waals surface area contributed by atoms with E-state index in [0.29, 0.717) is 5.76 Å². The fourth-order valence-electron chi connectivity index (χ4n) is 1.56. The molecule has 8 nitrogen and oxygen atoms in total. The van der Waals surface area contributed by atoms with Crippen LogP contribution in [0.2, 0.25) is 0 Å². The quantitative estimate of drug-likeness (QED) is 0.886. The molecule has 0 atom stereocenters. The van der Waals surface area contributed by atoms with Crippen molar-refractivity contribution in [2.75, 3.05) is 5.32 Å².